The van der Waals surface area contributed by atoms with Crippen LogP contribution in [-0.2, 0) is 9.53 Å². The molecule has 1 aromatic heterocycles. The molecule has 2 aromatic carbocycles. The van der Waals surface area contributed by atoms with Crippen LogP contribution < -0.4 is 15.0 Å². The highest BCUT2D eigenvalue weighted by molar-refractivity contribution is 5.71. The third-order valence-electron chi connectivity index (χ3n) is 5.11. The summed E-state index contributed by atoms with van der Waals surface area (Å²) in [5.41, 5.74) is 1.96. The van der Waals surface area contributed by atoms with Gasteiger partial charge in [-0.1, -0.05) is 0 Å². The molecule has 2 heterocycles. The highest BCUT2D eigenvalue weighted by Crippen LogP contribution is 2.23. The largest absolute Gasteiger partial charge is 0.468 e. The lowest BCUT2D eigenvalue weighted by Gasteiger charge is -2.35. The van der Waals surface area contributed by atoms with Crippen molar-refractivity contribution >= 4 is 23.3 Å². The van der Waals surface area contributed by atoms with Crippen molar-refractivity contribution in [2.24, 2.45) is 0 Å². The van der Waals surface area contributed by atoms with Crippen LogP contribution in [0.4, 0.5) is 21.7 Å². The molecule has 1 saturated heterocycles. The molecule has 9 heteroatoms. The van der Waals surface area contributed by atoms with Gasteiger partial charge in [0.1, 0.15) is 11.6 Å². The number of nitrogens with one attached hydrogen (secondary N) is 1. The van der Waals surface area contributed by atoms with Gasteiger partial charge in [0.25, 0.3) is 0 Å². The number of piperazine rings is 1. The Morgan fingerprint density at radius 1 is 1.03 bits per heavy atom. The smallest absolute Gasteiger partial charge is 0.319 e. The average Bonchev–Trinajstić information content (AvgIpc) is 2.82. The number of rotatable bonds is 7. The van der Waals surface area contributed by atoms with E-state index in [9.17, 15) is 9.18 Å². The molecule has 0 saturated carbocycles. The summed E-state index contributed by atoms with van der Waals surface area (Å²) in [6.07, 6.45) is 1.59. The first-order chi connectivity index (χ1) is 15.6. The lowest BCUT2D eigenvalue weighted by Crippen LogP contribution is -2.48. The molecule has 0 unspecified atom stereocenters. The van der Waals surface area contributed by atoms with Crippen molar-refractivity contribution in [3.8, 4) is 11.6 Å². The van der Waals surface area contributed by atoms with Gasteiger partial charge in [0.2, 0.25) is 11.8 Å². The van der Waals surface area contributed by atoms with E-state index in [1.165, 1.54) is 19.2 Å². The first kappa shape index (κ1) is 21.5. The third-order valence-corrected chi connectivity index (χ3v) is 5.11. The molecule has 1 N–H and O–H groups in total. The van der Waals surface area contributed by atoms with Gasteiger partial charge in [-0.2, -0.15) is 4.98 Å². The molecule has 4 rings (SSSR count). The summed E-state index contributed by atoms with van der Waals surface area (Å²) in [4.78, 5) is 24.4. The predicted molar refractivity (Wildman–Crippen MR) is 119 cm³/mol. The number of benzene rings is 2. The zero-order chi connectivity index (χ0) is 22.3. The number of halogens is 1. The molecule has 1 aliphatic heterocycles. The molecule has 1 aliphatic rings. The lowest BCUT2D eigenvalue weighted by atomic mass is 10.2. The van der Waals surface area contributed by atoms with Gasteiger partial charge >= 0.3 is 5.97 Å². The Hall–Kier alpha value is -3.72. The minimum atomic E-state index is -0.325. The van der Waals surface area contributed by atoms with Gasteiger partial charge in [-0.15, -0.1) is 0 Å². The zero-order valence-corrected chi connectivity index (χ0v) is 17.7. The van der Waals surface area contributed by atoms with Crippen molar-refractivity contribution in [1.29, 1.82) is 0 Å². The van der Waals surface area contributed by atoms with E-state index in [4.69, 9.17) is 9.47 Å². The molecule has 0 radical (unpaired) electrons. The second-order valence-corrected chi connectivity index (χ2v) is 7.29. The van der Waals surface area contributed by atoms with Crippen LogP contribution in [0.15, 0.2) is 60.8 Å². The van der Waals surface area contributed by atoms with Crippen LogP contribution in [0.3, 0.4) is 0 Å². The fourth-order valence-electron chi connectivity index (χ4n) is 3.38. The molecule has 0 atom stereocenters. The molecule has 166 valence electrons. The van der Waals surface area contributed by atoms with Crippen molar-refractivity contribution < 1.29 is 18.7 Å². The summed E-state index contributed by atoms with van der Waals surface area (Å²) in [5, 5.41) is 3.16. The SMILES string of the molecule is COC(=O)CN1CCN(c2ccc(Nc3nccc(Oc4ccc(F)cc4)n3)cc2)CC1. The van der Waals surface area contributed by atoms with Crippen LogP contribution in [0, 0.1) is 5.82 Å². The van der Waals surface area contributed by atoms with Gasteiger partial charge in [0, 0.05) is 49.8 Å². The summed E-state index contributed by atoms with van der Waals surface area (Å²) in [7, 11) is 1.41. The normalized spacial score (nSPS) is 14.1. The summed E-state index contributed by atoms with van der Waals surface area (Å²) in [6.45, 7) is 3.63. The number of hydrogen-bond donors (Lipinski definition) is 1. The second kappa shape index (κ2) is 10.1. The number of nitrogens with zero attached hydrogens (tertiary/aromatic N) is 4. The van der Waals surface area contributed by atoms with Gasteiger partial charge < -0.3 is 19.7 Å². The quantitative estimate of drug-likeness (QED) is 0.563. The fourth-order valence-corrected chi connectivity index (χ4v) is 3.38. The number of carbonyl (C=O) groups is 1. The van der Waals surface area contributed by atoms with Gasteiger partial charge in [-0.05, 0) is 48.5 Å². The van der Waals surface area contributed by atoms with E-state index in [0.717, 1.165) is 37.6 Å². The standard InChI is InChI=1S/C23H24FN5O3/c1-31-22(30)16-28-12-14-29(15-13-28)19-6-4-18(5-7-19)26-23-25-11-10-21(27-23)32-20-8-2-17(24)3-9-20/h2-11H,12-16H2,1H3,(H,25,26,27). The number of anilines is 3. The monoisotopic (exact) mass is 437 g/mol. The molecule has 0 amide bonds. The van der Waals surface area contributed by atoms with Crippen LogP contribution in [0.25, 0.3) is 0 Å². The van der Waals surface area contributed by atoms with Crippen molar-refractivity contribution in [3.63, 3.8) is 0 Å². The fraction of sp³-hybridized carbons (Fsp3) is 0.261. The van der Waals surface area contributed by atoms with E-state index >= 15 is 0 Å². The maximum absolute atomic E-state index is 13.0. The third kappa shape index (κ3) is 5.70. The van der Waals surface area contributed by atoms with E-state index in [0.29, 0.717) is 24.1 Å². The number of esters is 1. The van der Waals surface area contributed by atoms with Crippen LogP contribution in [0.1, 0.15) is 0 Å². The molecular weight excluding hydrogens is 413 g/mol. The summed E-state index contributed by atoms with van der Waals surface area (Å²) >= 11 is 0. The number of ether oxygens (including phenoxy) is 2. The van der Waals surface area contributed by atoms with Crippen LogP contribution in [0.5, 0.6) is 11.6 Å². The van der Waals surface area contributed by atoms with E-state index in [1.54, 1.807) is 24.4 Å². The highest BCUT2D eigenvalue weighted by atomic mass is 19.1. The first-order valence-corrected chi connectivity index (χ1v) is 10.3. The van der Waals surface area contributed by atoms with E-state index in [2.05, 4.69) is 25.1 Å². The molecule has 0 spiro atoms. The van der Waals surface area contributed by atoms with E-state index in [1.807, 2.05) is 24.3 Å². The number of carbonyl (C=O) groups excluding carboxylic acids is 1. The van der Waals surface area contributed by atoms with Crippen LogP contribution in [0.2, 0.25) is 0 Å². The summed E-state index contributed by atoms with van der Waals surface area (Å²) < 4.78 is 23.4. The Kier molecular flexibility index (Phi) is 6.76. The summed E-state index contributed by atoms with van der Waals surface area (Å²) in [5.74, 6) is 0.716. The Bertz CT molecular complexity index is 1040. The Morgan fingerprint density at radius 2 is 1.75 bits per heavy atom. The van der Waals surface area contributed by atoms with Crippen molar-refractivity contribution in [1.82, 2.24) is 14.9 Å². The van der Waals surface area contributed by atoms with E-state index < -0.39 is 0 Å². The van der Waals surface area contributed by atoms with Crippen molar-refractivity contribution in [2.75, 3.05) is 50.1 Å². The highest BCUT2D eigenvalue weighted by Gasteiger charge is 2.19. The Morgan fingerprint density at radius 3 is 2.44 bits per heavy atom. The van der Waals surface area contributed by atoms with Gasteiger partial charge in [-0.3, -0.25) is 9.69 Å². The molecule has 0 bridgehead atoms. The first-order valence-electron chi connectivity index (χ1n) is 10.3. The zero-order valence-electron chi connectivity index (χ0n) is 17.7. The molecule has 8 nitrogen and oxygen atoms in total. The van der Waals surface area contributed by atoms with Crippen molar-refractivity contribution in [3.05, 3.63) is 66.6 Å². The maximum Gasteiger partial charge on any atom is 0.319 e. The topological polar surface area (TPSA) is 79.8 Å². The minimum absolute atomic E-state index is 0.205. The maximum atomic E-state index is 13.0. The Balaban J connectivity index is 1.33. The molecule has 1 fully saturated rings. The second-order valence-electron chi connectivity index (χ2n) is 7.29. The molecule has 0 aliphatic carbocycles. The average molecular weight is 437 g/mol. The Labute approximate surface area is 185 Å². The molecule has 32 heavy (non-hydrogen) atoms. The summed E-state index contributed by atoms with van der Waals surface area (Å²) in [6, 6.07) is 15.4. The van der Waals surface area contributed by atoms with Crippen molar-refractivity contribution in [2.45, 2.75) is 0 Å². The molecular formula is C23H24FN5O3. The van der Waals surface area contributed by atoms with Crippen LogP contribution >= 0.6 is 0 Å². The number of aromatic nitrogens is 2. The lowest BCUT2D eigenvalue weighted by molar-refractivity contribution is -0.142. The van der Waals surface area contributed by atoms with Gasteiger partial charge in [-0.25, -0.2) is 9.37 Å². The molecule has 3 aromatic rings. The predicted octanol–water partition coefficient (Wildman–Crippen LogP) is 3.45. The van der Waals surface area contributed by atoms with Gasteiger partial charge in [0.05, 0.1) is 13.7 Å². The number of methoxy groups -OCH3 is 1. The van der Waals surface area contributed by atoms with E-state index in [-0.39, 0.29) is 11.8 Å². The number of hydrogen-bond acceptors (Lipinski definition) is 8. The van der Waals surface area contributed by atoms with Crippen LogP contribution in [-0.4, -0.2) is 60.7 Å². The minimum Gasteiger partial charge on any atom is -0.468 e. The van der Waals surface area contributed by atoms with Gasteiger partial charge in [0.15, 0.2) is 0 Å².